The molecule has 0 aromatic rings. The highest BCUT2D eigenvalue weighted by molar-refractivity contribution is 5.72. The first-order chi connectivity index (χ1) is 8.53. The summed E-state index contributed by atoms with van der Waals surface area (Å²) >= 11 is 0. The van der Waals surface area contributed by atoms with Crippen molar-refractivity contribution in [2.24, 2.45) is 5.41 Å². The van der Waals surface area contributed by atoms with Gasteiger partial charge in [-0.2, -0.15) is 0 Å². The first-order valence-corrected chi connectivity index (χ1v) is 5.85. The van der Waals surface area contributed by atoms with Crippen molar-refractivity contribution in [2.45, 2.75) is 32.8 Å². The highest BCUT2D eigenvalue weighted by Gasteiger charge is 2.51. The largest absolute Gasteiger partial charge is 0.481 e. The Morgan fingerprint density at radius 1 is 1.42 bits per heavy atom. The molecule has 1 fully saturated rings. The molecule has 0 aromatic carbocycles. The number of carbonyl (C=O) groups is 2. The van der Waals surface area contributed by atoms with Crippen LogP contribution in [0.2, 0.25) is 0 Å². The van der Waals surface area contributed by atoms with Crippen LogP contribution in [-0.4, -0.2) is 52.2 Å². The molecule has 19 heavy (non-hydrogen) atoms. The number of nitrogens with zero attached hydrogens (tertiary/aromatic N) is 2. The van der Waals surface area contributed by atoms with E-state index in [0.717, 1.165) is 0 Å². The molecule has 108 valence electrons. The van der Waals surface area contributed by atoms with E-state index < -0.39 is 34.5 Å². The Kier molecular flexibility index (Phi) is 4.02. The zero-order valence-corrected chi connectivity index (χ0v) is 11.2. The van der Waals surface area contributed by atoms with Crippen LogP contribution in [0.25, 0.3) is 0 Å². The topological polar surface area (TPSA) is 110 Å². The van der Waals surface area contributed by atoms with Crippen LogP contribution in [0, 0.1) is 15.5 Å². The van der Waals surface area contributed by atoms with E-state index in [2.05, 4.69) is 0 Å². The Morgan fingerprint density at radius 2 is 1.95 bits per heavy atom. The van der Waals surface area contributed by atoms with Crippen molar-refractivity contribution in [1.29, 1.82) is 0 Å². The zero-order chi connectivity index (χ0) is 14.8. The fraction of sp³-hybridized carbons (Fsp3) is 0.818. The number of nitro groups is 1. The standard InChI is InChI=1S/C11H18N2O6/c1-10(2,3)19-9(16)12-5-11(6-12,4-8(14)15)7-13(17)18/h4-7H2,1-3H3,(H,14,15). The Bertz CT molecular complexity index is 376. The van der Waals surface area contributed by atoms with E-state index in [9.17, 15) is 19.7 Å². The predicted octanol–water partition coefficient (Wildman–Crippen LogP) is 0.975. The minimum Gasteiger partial charge on any atom is -0.481 e. The molecule has 1 heterocycles. The molecule has 1 saturated heterocycles. The van der Waals surface area contributed by atoms with Gasteiger partial charge in [0.2, 0.25) is 6.54 Å². The summed E-state index contributed by atoms with van der Waals surface area (Å²) in [6.45, 7) is 4.76. The SMILES string of the molecule is CC(C)(C)OC(=O)N1CC(CC(=O)O)(C[N+](=O)[O-])C1. The average Bonchev–Trinajstić information content (AvgIpc) is 2.07. The van der Waals surface area contributed by atoms with Crippen molar-refractivity contribution >= 4 is 12.1 Å². The van der Waals surface area contributed by atoms with Crippen molar-refractivity contribution in [3.8, 4) is 0 Å². The molecular formula is C11H18N2O6. The maximum Gasteiger partial charge on any atom is 0.410 e. The molecule has 0 spiro atoms. The monoisotopic (exact) mass is 274 g/mol. The lowest BCUT2D eigenvalue weighted by atomic mass is 9.77. The second kappa shape index (κ2) is 5.02. The smallest absolute Gasteiger partial charge is 0.410 e. The molecule has 0 saturated carbocycles. The second-order valence-corrected chi connectivity index (χ2v) is 5.90. The first-order valence-electron chi connectivity index (χ1n) is 5.85. The highest BCUT2D eigenvalue weighted by atomic mass is 16.6. The molecular weight excluding hydrogens is 256 g/mol. The molecule has 0 aliphatic carbocycles. The van der Waals surface area contributed by atoms with Crippen LogP contribution in [0.15, 0.2) is 0 Å². The van der Waals surface area contributed by atoms with Crippen LogP contribution in [-0.2, 0) is 9.53 Å². The van der Waals surface area contributed by atoms with E-state index in [4.69, 9.17) is 9.84 Å². The van der Waals surface area contributed by atoms with E-state index in [1.807, 2.05) is 0 Å². The van der Waals surface area contributed by atoms with Gasteiger partial charge < -0.3 is 14.7 Å². The Hall–Kier alpha value is -1.86. The Balaban J connectivity index is 2.61. The highest BCUT2D eigenvalue weighted by Crippen LogP contribution is 2.35. The zero-order valence-electron chi connectivity index (χ0n) is 11.2. The van der Waals surface area contributed by atoms with Crippen molar-refractivity contribution in [3.05, 3.63) is 10.1 Å². The van der Waals surface area contributed by atoms with Gasteiger partial charge in [0.05, 0.1) is 11.8 Å². The Morgan fingerprint density at radius 3 is 2.32 bits per heavy atom. The molecule has 1 N–H and O–H groups in total. The fourth-order valence-electron chi connectivity index (χ4n) is 2.08. The van der Waals surface area contributed by atoms with Crippen molar-refractivity contribution < 1.29 is 24.4 Å². The number of ether oxygens (including phenoxy) is 1. The van der Waals surface area contributed by atoms with Gasteiger partial charge >= 0.3 is 12.1 Å². The molecule has 0 unspecified atom stereocenters. The average molecular weight is 274 g/mol. The van der Waals surface area contributed by atoms with Crippen LogP contribution in [0.4, 0.5) is 4.79 Å². The number of hydrogen-bond donors (Lipinski definition) is 1. The fourth-order valence-corrected chi connectivity index (χ4v) is 2.08. The molecule has 0 bridgehead atoms. The third kappa shape index (κ3) is 4.38. The van der Waals surface area contributed by atoms with E-state index in [0.29, 0.717) is 0 Å². The summed E-state index contributed by atoms with van der Waals surface area (Å²) in [5.41, 5.74) is -1.63. The van der Waals surface area contributed by atoms with Crippen molar-refractivity contribution in [3.63, 3.8) is 0 Å². The van der Waals surface area contributed by atoms with Crippen LogP contribution in [0.5, 0.6) is 0 Å². The molecule has 1 aliphatic rings. The lowest BCUT2D eigenvalue weighted by Crippen LogP contribution is -2.62. The van der Waals surface area contributed by atoms with Crippen molar-refractivity contribution in [2.75, 3.05) is 19.6 Å². The van der Waals surface area contributed by atoms with E-state index in [1.165, 1.54) is 4.90 Å². The summed E-state index contributed by atoms with van der Waals surface area (Å²) in [6, 6.07) is 0. The minimum atomic E-state index is -1.11. The van der Waals surface area contributed by atoms with Crippen LogP contribution in [0.1, 0.15) is 27.2 Å². The molecule has 1 rings (SSSR count). The van der Waals surface area contributed by atoms with Gasteiger partial charge in [0, 0.05) is 18.0 Å². The quantitative estimate of drug-likeness (QED) is 0.604. The molecule has 0 radical (unpaired) electrons. The first kappa shape index (κ1) is 15.2. The number of aliphatic carboxylic acids is 1. The number of rotatable bonds is 4. The predicted molar refractivity (Wildman–Crippen MR) is 64.4 cm³/mol. The van der Waals surface area contributed by atoms with Gasteiger partial charge in [-0.3, -0.25) is 14.9 Å². The number of hydrogen-bond acceptors (Lipinski definition) is 5. The van der Waals surface area contributed by atoms with Gasteiger partial charge in [-0.05, 0) is 20.8 Å². The second-order valence-electron chi connectivity index (χ2n) is 5.90. The lowest BCUT2D eigenvalue weighted by molar-refractivity contribution is -0.502. The number of carbonyl (C=O) groups excluding carboxylic acids is 1. The number of carboxylic acids is 1. The maximum absolute atomic E-state index is 11.7. The molecule has 8 heteroatoms. The summed E-state index contributed by atoms with van der Waals surface area (Å²) in [5.74, 6) is -1.11. The van der Waals surface area contributed by atoms with Gasteiger partial charge in [-0.25, -0.2) is 4.79 Å². The summed E-state index contributed by atoms with van der Waals surface area (Å²) < 4.78 is 5.11. The van der Waals surface area contributed by atoms with E-state index in [1.54, 1.807) is 20.8 Å². The van der Waals surface area contributed by atoms with Gasteiger partial charge in [-0.15, -0.1) is 0 Å². The third-order valence-electron chi connectivity index (χ3n) is 2.69. The maximum atomic E-state index is 11.7. The lowest BCUT2D eigenvalue weighted by Gasteiger charge is -2.46. The van der Waals surface area contributed by atoms with E-state index >= 15 is 0 Å². The minimum absolute atomic E-state index is 0.0369. The molecule has 0 atom stereocenters. The Labute approximate surface area is 110 Å². The summed E-state index contributed by atoms with van der Waals surface area (Å²) in [5, 5.41) is 19.4. The van der Waals surface area contributed by atoms with Crippen LogP contribution >= 0.6 is 0 Å². The van der Waals surface area contributed by atoms with Gasteiger partial charge in [0.1, 0.15) is 5.60 Å². The summed E-state index contributed by atoms with van der Waals surface area (Å²) in [7, 11) is 0. The molecule has 1 aliphatic heterocycles. The van der Waals surface area contributed by atoms with E-state index in [-0.39, 0.29) is 19.5 Å². The van der Waals surface area contributed by atoms with Gasteiger partial charge in [0.15, 0.2) is 0 Å². The number of likely N-dealkylation sites (tertiary alicyclic amines) is 1. The van der Waals surface area contributed by atoms with Crippen LogP contribution in [0.3, 0.4) is 0 Å². The number of amides is 1. The summed E-state index contributed by atoms with van der Waals surface area (Å²) in [6.07, 6.45) is -0.898. The van der Waals surface area contributed by atoms with Crippen molar-refractivity contribution in [1.82, 2.24) is 4.90 Å². The third-order valence-corrected chi connectivity index (χ3v) is 2.69. The normalized spacial score (nSPS) is 17.5. The summed E-state index contributed by atoms with van der Waals surface area (Å²) in [4.78, 5) is 33.7. The number of carboxylic acid groups (broad SMARTS) is 1. The van der Waals surface area contributed by atoms with Gasteiger partial charge in [-0.1, -0.05) is 0 Å². The van der Waals surface area contributed by atoms with Gasteiger partial charge in [0.25, 0.3) is 0 Å². The molecule has 1 amide bonds. The molecule has 8 nitrogen and oxygen atoms in total. The van der Waals surface area contributed by atoms with Crippen LogP contribution < -0.4 is 0 Å². The molecule has 0 aromatic heterocycles.